The Morgan fingerprint density at radius 1 is 0.896 bits per heavy atom. The topological polar surface area (TPSA) is 143 Å². The van der Waals surface area contributed by atoms with Crippen molar-refractivity contribution in [1.82, 2.24) is 21.3 Å². The zero-order chi connectivity index (χ0) is 34.3. The number of Topliss-reactive ketones (excluding diaryl/α,β-unsaturated/α-hetero) is 1. The van der Waals surface area contributed by atoms with E-state index in [9.17, 15) is 24.0 Å². The summed E-state index contributed by atoms with van der Waals surface area (Å²) in [6.07, 6.45) is 5.97. The number of alkyl carbamates (subject to hydrolysis) is 1. The van der Waals surface area contributed by atoms with Crippen molar-refractivity contribution in [2.45, 2.75) is 108 Å². The van der Waals surface area contributed by atoms with Gasteiger partial charge < -0.3 is 26.0 Å². The Kier molecular flexibility index (Phi) is 11.8. The number of ketones is 1. The third kappa shape index (κ3) is 9.36. The second kappa shape index (κ2) is 16.0. The Bertz CT molecular complexity index is 1470. The zero-order valence-corrected chi connectivity index (χ0v) is 28.5. The third-order valence-corrected chi connectivity index (χ3v) is 10.1. The molecule has 0 aromatic heterocycles. The number of carbonyl (C=O) groups excluding carboxylic acids is 5. The molecule has 1 unspecified atom stereocenters. The molecule has 2 saturated carbocycles. The van der Waals surface area contributed by atoms with Gasteiger partial charge in [-0.25, -0.2) is 4.79 Å². The van der Waals surface area contributed by atoms with Crippen LogP contribution in [-0.4, -0.2) is 54.3 Å². The summed E-state index contributed by atoms with van der Waals surface area (Å²) >= 11 is 6.34. The van der Waals surface area contributed by atoms with Gasteiger partial charge in [0.2, 0.25) is 17.6 Å². The number of nitrogens with one attached hydrogen (secondary N) is 4. The number of amides is 4. The Balaban J connectivity index is 1.36. The maximum atomic E-state index is 14.0. The fraction of sp³-hybridized carbons (Fsp3) is 0.541. The molecule has 11 heteroatoms. The van der Waals surface area contributed by atoms with E-state index < -0.39 is 53.2 Å². The van der Waals surface area contributed by atoms with E-state index >= 15 is 0 Å². The van der Waals surface area contributed by atoms with Gasteiger partial charge in [0, 0.05) is 28.9 Å². The molecule has 1 saturated heterocycles. The number of carbonyl (C=O) groups is 5. The molecule has 2 aromatic carbocycles. The van der Waals surface area contributed by atoms with Crippen molar-refractivity contribution in [1.29, 1.82) is 0 Å². The number of halogens is 1. The van der Waals surface area contributed by atoms with Crippen molar-refractivity contribution in [2.75, 3.05) is 6.54 Å². The van der Waals surface area contributed by atoms with Crippen LogP contribution in [0.1, 0.15) is 95.3 Å². The van der Waals surface area contributed by atoms with Crippen LogP contribution in [-0.2, 0) is 29.3 Å². The van der Waals surface area contributed by atoms with E-state index in [1.54, 1.807) is 6.07 Å². The van der Waals surface area contributed by atoms with Gasteiger partial charge in [0.05, 0.1) is 6.04 Å². The molecular weight excluding hydrogens is 632 g/mol. The summed E-state index contributed by atoms with van der Waals surface area (Å²) < 4.78 is 6.17. The summed E-state index contributed by atoms with van der Waals surface area (Å²) in [6, 6.07) is 14.5. The lowest BCUT2D eigenvalue weighted by Gasteiger charge is -2.35. The van der Waals surface area contributed by atoms with Gasteiger partial charge in [0.25, 0.3) is 5.91 Å². The van der Waals surface area contributed by atoms with Crippen LogP contribution < -0.4 is 21.3 Å². The van der Waals surface area contributed by atoms with E-state index in [0.29, 0.717) is 24.4 Å². The highest BCUT2D eigenvalue weighted by Crippen LogP contribution is 2.40. The van der Waals surface area contributed by atoms with Gasteiger partial charge in [-0.3, -0.25) is 19.2 Å². The minimum absolute atomic E-state index is 0.000998. The predicted molar refractivity (Wildman–Crippen MR) is 182 cm³/mol. The number of hydrogen-bond acceptors (Lipinski definition) is 6. The predicted octanol–water partition coefficient (Wildman–Crippen LogP) is 5.28. The summed E-state index contributed by atoms with van der Waals surface area (Å²) in [4.78, 5) is 66.4. The van der Waals surface area contributed by atoms with Crippen molar-refractivity contribution in [3.8, 4) is 0 Å². The maximum Gasteiger partial charge on any atom is 0.408 e. The first-order valence-electron chi connectivity index (χ1n) is 17.2. The van der Waals surface area contributed by atoms with Crippen LogP contribution >= 0.6 is 11.6 Å². The van der Waals surface area contributed by atoms with Crippen molar-refractivity contribution in [3.63, 3.8) is 0 Å². The first-order chi connectivity index (χ1) is 23.0. The maximum absolute atomic E-state index is 14.0. The van der Waals surface area contributed by atoms with Crippen LogP contribution in [0.25, 0.3) is 0 Å². The molecule has 4 N–H and O–H groups in total. The molecule has 1 heterocycles. The Labute approximate surface area is 287 Å². The summed E-state index contributed by atoms with van der Waals surface area (Å²) in [6.45, 7) is 4.41. The van der Waals surface area contributed by atoms with Crippen molar-refractivity contribution >= 4 is 41.2 Å². The number of hydrogen-bond donors (Lipinski definition) is 4. The van der Waals surface area contributed by atoms with Gasteiger partial charge >= 0.3 is 6.09 Å². The van der Waals surface area contributed by atoms with Gasteiger partial charge in [-0.2, -0.15) is 0 Å². The second-order valence-corrected chi connectivity index (χ2v) is 14.5. The molecule has 0 radical (unpaired) electrons. The highest BCUT2D eigenvalue weighted by molar-refractivity contribution is 6.38. The molecule has 0 spiro atoms. The molecule has 4 atom stereocenters. The molecule has 2 aromatic rings. The third-order valence-electron chi connectivity index (χ3n) is 9.91. The first-order valence-corrected chi connectivity index (χ1v) is 17.6. The fourth-order valence-corrected chi connectivity index (χ4v) is 7.06. The Morgan fingerprint density at radius 3 is 2.27 bits per heavy atom. The molecule has 2 aliphatic carbocycles. The van der Waals surface area contributed by atoms with Crippen LogP contribution in [0.5, 0.6) is 0 Å². The summed E-state index contributed by atoms with van der Waals surface area (Å²) in [5, 5.41) is 11.6. The standard InChI is InChI=1S/C37H47ClN4O6/c1-37(2,26-14-9-15-27(38)22-26)32(24-12-7-4-8-13-24)48-36(47)42-30(20-23-10-5-3-6-11-23)34(45)41-29(21-25-18-19-39-33(25)44)31(43)35(46)40-28-16-17-28/h4,7-9,12-15,22-23,25,28-30,32H,3,5-6,10-11,16-21H2,1-2H3,(H,39,44)(H,40,46)(H,41,45)(H,42,47)/t25-,29-,30-,32?/m0/s1. The largest absolute Gasteiger partial charge is 0.440 e. The van der Waals surface area contributed by atoms with E-state index in [-0.39, 0.29) is 24.3 Å². The van der Waals surface area contributed by atoms with Gasteiger partial charge in [0.15, 0.2) is 0 Å². The highest BCUT2D eigenvalue weighted by Gasteiger charge is 2.39. The first kappa shape index (κ1) is 35.4. The smallest absolute Gasteiger partial charge is 0.408 e. The lowest BCUT2D eigenvalue weighted by atomic mass is 9.76. The molecule has 48 heavy (non-hydrogen) atoms. The van der Waals surface area contributed by atoms with Crippen LogP contribution in [0.2, 0.25) is 5.02 Å². The average molecular weight is 679 g/mol. The summed E-state index contributed by atoms with van der Waals surface area (Å²) in [5.41, 5.74) is 0.932. The number of benzene rings is 2. The highest BCUT2D eigenvalue weighted by atomic mass is 35.5. The van der Waals surface area contributed by atoms with Crippen molar-refractivity contribution in [2.24, 2.45) is 11.8 Å². The zero-order valence-electron chi connectivity index (χ0n) is 27.8. The van der Waals surface area contributed by atoms with Gasteiger partial charge in [0.1, 0.15) is 12.1 Å². The summed E-state index contributed by atoms with van der Waals surface area (Å²) in [5.74, 6) is -2.68. The van der Waals surface area contributed by atoms with E-state index in [1.807, 2.05) is 62.4 Å². The lowest BCUT2D eigenvalue weighted by Crippen LogP contribution is -2.55. The van der Waals surface area contributed by atoms with E-state index in [4.69, 9.17) is 16.3 Å². The second-order valence-electron chi connectivity index (χ2n) is 14.1. The minimum Gasteiger partial charge on any atom is -0.440 e. The van der Waals surface area contributed by atoms with Crippen LogP contribution in [0.15, 0.2) is 54.6 Å². The van der Waals surface area contributed by atoms with Crippen LogP contribution in [0.3, 0.4) is 0 Å². The van der Waals surface area contributed by atoms with Gasteiger partial charge in [-0.15, -0.1) is 0 Å². The average Bonchev–Trinajstić information content (AvgIpc) is 3.81. The molecule has 5 rings (SSSR count). The molecule has 10 nitrogen and oxygen atoms in total. The van der Waals surface area contributed by atoms with Crippen molar-refractivity contribution in [3.05, 3.63) is 70.7 Å². The Hall–Kier alpha value is -3.92. The monoisotopic (exact) mass is 678 g/mol. The summed E-state index contributed by atoms with van der Waals surface area (Å²) in [7, 11) is 0. The molecule has 258 valence electrons. The van der Waals surface area contributed by atoms with Crippen LogP contribution in [0.4, 0.5) is 4.79 Å². The molecule has 3 aliphatic rings. The van der Waals surface area contributed by atoms with E-state index in [2.05, 4.69) is 21.3 Å². The van der Waals surface area contributed by atoms with Gasteiger partial charge in [-0.05, 0) is 61.3 Å². The normalized spacial score (nSPS) is 20.1. The molecule has 3 fully saturated rings. The quantitative estimate of drug-likeness (QED) is 0.200. The fourth-order valence-electron chi connectivity index (χ4n) is 6.87. The van der Waals surface area contributed by atoms with Crippen LogP contribution in [0, 0.1) is 11.8 Å². The van der Waals surface area contributed by atoms with Gasteiger partial charge in [-0.1, -0.05) is 100 Å². The lowest BCUT2D eigenvalue weighted by molar-refractivity contribution is -0.141. The number of rotatable bonds is 14. The van der Waals surface area contributed by atoms with E-state index in [1.165, 1.54) is 0 Å². The Morgan fingerprint density at radius 2 is 1.62 bits per heavy atom. The minimum atomic E-state index is -1.21. The molecule has 4 amide bonds. The molecule has 1 aliphatic heterocycles. The van der Waals surface area contributed by atoms with E-state index in [0.717, 1.165) is 56.1 Å². The molecule has 0 bridgehead atoms. The SMILES string of the molecule is CC(C)(c1cccc(Cl)c1)C(OC(=O)N[C@@H](CC1CCCCC1)C(=O)N[C@@H](C[C@@H]1CCNC1=O)C(=O)C(=O)NC1CC1)c1ccccc1. The molecular formula is C37H47ClN4O6. The number of ether oxygens (including phenoxy) is 1. The van der Waals surface area contributed by atoms with Crippen molar-refractivity contribution < 1.29 is 28.7 Å².